The Labute approximate surface area is 115 Å². The first kappa shape index (κ1) is 13.9. The van der Waals surface area contributed by atoms with Crippen LogP contribution < -0.4 is 5.32 Å². The van der Waals surface area contributed by atoms with Crippen molar-refractivity contribution in [2.45, 2.75) is 12.7 Å². The minimum Gasteiger partial charge on any atom is -0.378 e. The number of anilines is 1. The standard InChI is InChI=1S/C11H10BrF3N4/c1-19-6-8(17-18-19)5-16-10-4-7(11(13,14)15)2-3-9(10)12/h2-4,6,16H,5H2,1H3. The highest BCUT2D eigenvalue weighted by Gasteiger charge is 2.30. The smallest absolute Gasteiger partial charge is 0.378 e. The van der Waals surface area contributed by atoms with Gasteiger partial charge in [0.1, 0.15) is 5.69 Å². The number of aromatic nitrogens is 3. The lowest BCUT2D eigenvalue weighted by Gasteiger charge is -2.11. The first-order valence-corrected chi connectivity index (χ1v) is 6.11. The molecular weight excluding hydrogens is 325 g/mol. The number of nitrogens with zero attached hydrogens (tertiary/aromatic N) is 3. The summed E-state index contributed by atoms with van der Waals surface area (Å²) in [5.41, 5.74) is 0.310. The molecule has 4 nitrogen and oxygen atoms in total. The summed E-state index contributed by atoms with van der Waals surface area (Å²) in [6.07, 6.45) is -2.67. The molecule has 0 aliphatic heterocycles. The third-order valence-corrected chi connectivity index (χ3v) is 3.10. The minimum atomic E-state index is -4.36. The SMILES string of the molecule is Cn1cc(CNc2cc(C(F)(F)F)ccc2Br)nn1. The fourth-order valence-corrected chi connectivity index (χ4v) is 1.89. The second kappa shape index (κ2) is 5.20. The average molecular weight is 335 g/mol. The van der Waals surface area contributed by atoms with E-state index < -0.39 is 11.7 Å². The number of halogens is 4. The van der Waals surface area contributed by atoms with E-state index in [1.165, 1.54) is 10.7 Å². The van der Waals surface area contributed by atoms with E-state index in [1.807, 2.05) is 0 Å². The van der Waals surface area contributed by atoms with E-state index in [-0.39, 0.29) is 0 Å². The van der Waals surface area contributed by atoms with Crippen LogP contribution in [-0.4, -0.2) is 15.0 Å². The van der Waals surface area contributed by atoms with E-state index in [9.17, 15) is 13.2 Å². The fourth-order valence-electron chi connectivity index (χ4n) is 1.50. The molecule has 102 valence electrons. The van der Waals surface area contributed by atoms with Gasteiger partial charge in [-0.25, -0.2) is 0 Å². The molecule has 8 heteroatoms. The zero-order valence-corrected chi connectivity index (χ0v) is 11.5. The van der Waals surface area contributed by atoms with Crippen LogP contribution in [0.25, 0.3) is 0 Å². The summed E-state index contributed by atoms with van der Waals surface area (Å²) in [5, 5.41) is 10.5. The van der Waals surface area contributed by atoms with Crippen LogP contribution in [0.2, 0.25) is 0 Å². The lowest BCUT2D eigenvalue weighted by molar-refractivity contribution is -0.137. The largest absolute Gasteiger partial charge is 0.416 e. The number of aryl methyl sites for hydroxylation is 1. The van der Waals surface area contributed by atoms with Gasteiger partial charge in [-0.2, -0.15) is 13.2 Å². The highest BCUT2D eigenvalue weighted by atomic mass is 79.9. The van der Waals surface area contributed by atoms with Crippen molar-refractivity contribution in [2.24, 2.45) is 7.05 Å². The summed E-state index contributed by atoms with van der Waals surface area (Å²) < 4.78 is 39.9. The summed E-state index contributed by atoms with van der Waals surface area (Å²) in [4.78, 5) is 0. The maximum atomic E-state index is 12.6. The Morgan fingerprint density at radius 2 is 2.11 bits per heavy atom. The lowest BCUT2D eigenvalue weighted by Crippen LogP contribution is -2.07. The van der Waals surface area contributed by atoms with Crippen LogP contribution in [0.4, 0.5) is 18.9 Å². The fraction of sp³-hybridized carbons (Fsp3) is 0.273. The maximum absolute atomic E-state index is 12.6. The average Bonchev–Trinajstić information content (AvgIpc) is 2.72. The van der Waals surface area contributed by atoms with Gasteiger partial charge in [-0.3, -0.25) is 4.68 Å². The lowest BCUT2D eigenvalue weighted by atomic mass is 10.2. The van der Waals surface area contributed by atoms with Crippen molar-refractivity contribution in [3.8, 4) is 0 Å². The quantitative estimate of drug-likeness (QED) is 0.937. The van der Waals surface area contributed by atoms with Gasteiger partial charge >= 0.3 is 6.18 Å². The van der Waals surface area contributed by atoms with Gasteiger partial charge in [0, 0.05) is 23.4 Å². The first-order chi connectivity index (χ1) is 8.86. The number of rotatable bonds is 3. The maximum Gasteiger partial charge on any atom is 0.416 e. The van der Waals surface area contributed by atoms with Crippen molar-refractivity contribution in [1.82, 2.24) is 15.0 Å². The summed E-state index contributed by atoms with van der Waals surface area (Å²) in [6, 6.07) is 3.44. The van der Waals surface area contributed by atoms with Gasteiger partial charge < -0.3 is 5.32 Å². The van der Waals surface area contributed by atoms with Crippen molar-refractivity contribution >= 4 is 21.6 Å². The molecule has 0 aliphatic carbocycles. The van der Waals surface area contributed by atoms with Crippen LogP contribution in [0, 0.1) is 0 Å². The first-order valence-electron chi connectivity index (χ1n) is 5.32. The summed E-state index contributed by atoms with van der Waals surface area (Å²) in [6.45, 7) is 0.299. The van der Waals surface area contributed by atoms with E-state index in [0.29, 0.717) is 22.4 Å². The Morgan fingerprint density at radius 3 is 2.68 bits per heavy atom. The molecule has 0 bridgehead atoms. The number of alkyl halides is 3. The highest BCUT2D eigenvalue weighted by molar-refractivity contribution is 9.10. The molecule has 1 aromatic heterocycles. The van der Waals surface area contributed by atoms with Crippen molar-refractivity contribution in [3.05, 3.63) is 40.1 Å². The van der Waals surface area contributed by atoms with Crippen LogP contribution >= 0.6 is 15.9 Å². The molecule has 0 fully saturated rings. The van der Waals surface area contributed by atoms with Gasteiger partial charge in [-0.05, 0) is 34.1 Å². The van der Waals surface area contributed by atoms with Crippen molar-refractivity contribution in [1.29, 1.82) is 0 Å². The zero-order chi connectivity index (χ0) is 14.0. The van der Waals surface area contributed by atoms with Crippen LogP contribution in [0.3, 0.4) is 0 Å². The molecule has 0 aliphatic rings. The Morgan fingerprint density at radius 1 is 1.37 bits per heavy atom. The normalized spacial score (nSPS) is 11.6. The molecule has 2 rings (SSSR count). The molecule has 0 radical (unpaired) electrons. The summed E-state index contributed by atoms with van der Waals surface area (Å²) in [5.74, 6) is 0. The van der Waals surface area contributed by atoms with Gasteiger partial charge in [0.15, 0.2) is 0 Å². The molecule has 0 amide bonds. The summed E-state index contributed by atoms with van der Waals surface area (Å²) in [7, 11) is 1.72. The van der Waals surface area contributed by atoms with Gasteiger partial charge in [-0.1, -0.05) is 5.21 Å². The van der Waals surface area contributed by atoms with Gasteiger partial charge in [-0.15, -0.1) is 5.10 Å². The van der Waals surface area contributed by atoms with E-state index >= 15 is 0 Å². The van der Waals surface area contributed by atoms with Crippen molar-refractivity contribution in [2.75, 3.05) is 5.32 Å². The predicted molar refractivity (Wildman–Crippen MR) is 67.5 cm³/mol. The highest BCUT2D eigenvalue weighted by Crippen LogP contribution is 2.34. The van der Waals surface area contributed by atoms with Gasteiger partial charge in [0.05, 0.1) is 12.1 Å². The van der Waals surface area contributed by atoms with Crippen LogP contribution in [-0.2, 0) is 19.8 Å². The monoisotopic (exact) mass is 334 g/mol. The number of hydrogen-bond acceptors (Lipinski definition) is 3. The third kappa shape index (κ3) is 3.46. The molecule has 0 spiro atoms. The van der Waals surface area contributed by atoms with Gasteiger partial charge in [0.2, 0.25) is 0 Å². The van der Waals surface area contributed by atoms with E-state index in [0.717, 1.165) is 12.1 Å². The molecular formula is C11H10BrF3N4. The second-order valence-electron chi connectivity index (χ2n) is 3.93. The number of nitrogens with one attached hydrogen (secondary N) is 1. The van der Waals surface area contributed by atoms with Crippen LogP contribution in [0.5, 0.6) is 0 Å². The van der Waals surface area contributed by atoms with Gasteiger partial charge in [0.25, 0.3) is 0 Å². The third-order valence-electron chi connectivity index (χ3n) is 2.40. The van der Waals surface area contributed by atoms with E-state index in [4.69, 9.17) is 0 Å². The van der Waals surface area contributed by atoms with Crippen LogP contribution in [0.1, 0.15) is 11.3 Å². The van der Waals surface area contributed by atoms with E-state index in [1.54, 1.807) is 13.2 Å². The second-order valence-corrected chi connectivity index (χ2v) is 4.78. The Bertz CT molecular complexity index is 580. The van der Waals surface area contributed by atoms with Crippen LogP contribution in [0.15, 0.2) is 28.9 Å². The van der Waals surface area contributed by atoms with Crippen molar-refractivity contribution < 1.29 is 13.2 Å². The Hall–Kier alpha value is -1.57. The molecule has 1 aromatic carbocycles. The molecule has 1 N–H and O–H groups in total. The molecule has 0 saturated heterocycles. The van der Waals surface area contributed by atoms with Crippen molar-refractivity contribution in [3.63, 3.8) is 0 Å². The molecule has 0 atom stereocenters. The molecule has 1 heterocycles. The van der Waals surface area contributed by atoms with E-state index in [2.05, 4.69) is 31.6 Å². The zero-order valence-electron chi connectivity index (χ0n) is 9.87. The number of benzene rings is 1. The predicted octanol–water partition coefficient (Wildman–Crippen LogP) is 3.21. The summed E-state index contributed by atoms with van der Waals surface area (Å²) >= 11 is 3.20. The molecule has 0 saturated carbocycles. The molecule has 2 aromatic rings. The Kier molecular flexibility index (Phi) is 3.79. The minimum absolute atomic E-state index is 0.299. The Balaban J connectivity index is 2.15. The number of hydrogen-bond donors (Lipinski definition) is 1. The molecule has 0 unspecified atom stereocenters. The molecule has 19 heavy (non-hydrogen) atoms. The topological polar surface area (TPSA) is 42.7 Å².